The van der Waals surface area contributed by atoms with Gasteiger partial charge in [0, 0.05) is 44.2 Å². The molecule has 35 heavy (non-hydrogen) atoms. The largest absolute Gasteiger partial charge is 0.497 e. The monoisotopic (exact) mass is 480 g/mol. The Hall–Kier alpha value is -3.10. The Bertz CT molecular complexity index is 1030. The maximum atomic E-state index is 13.5. The van der Waals surface area contributed by atoms with Crippen LogP contribution in [0.25, 0.3) is 0 Å². The molecule has 0 N–H and O–H groups in total. The van der Waals surface area contributed by atoms with Crippen LogP contribution in [-0.2, 0) is 4.79 Å². The summed E-state index contributed by atoms with van der Waals surface area (Å²) in [7, 11) is 3.26. The number of methoxy groups -OCH3 is 2. The third-order valence-electron chi connectivity index (χ3n) is 6.73. The lowest BCUT2D eigenvalue weighted by atomic mass is 9.97. The lowest BCUT2D eigenvalue weighted by Gasteiger charge is -2.34. The summed E-state index contributed by atoms with van der Waals surface area (Å²) in [5, 5.41) is 6.51. The second kappa shape index (κ2) is 11.6. The van der Waals surface area contributed by atoms with Crippen LogP contribution in [0.15, 0.2) is 47.6 Å². The van der Waals surface area contributed by atoms with Gasteiger partial charge in [0.1, 0.15) is 17.2 Å². The molecule has 1 fully saturated rings. The van der Waals surface area contributed by atoms with E-state index in [0.29, 0.717) is 31.1 Å². The minimum absolute atomic E-state index is 0.0105. The van der Waals surface area contributed by atoms with E-state index >= 15 is 0 Å². The lowest BCUT2D eigenvalue weighted by Crippen LogP contribution is -2.49. The summed E-state index contributed by atoms with van der Waals surface area (Å²) in [6, 6.07) is 13.5. The van der Waals surface area contributed by atoms with Crippen molar-refractivity contribution in [1.29, 1.82) is 0 Å². The fourth-order valence-electron chi connectivity index (χ4n) is 4.68. The minimum Gasteiger partial charge on any atom is -0.497 e. The smallest absolute Gasteiger partial charge is 0.257 e. The van der Waals surface area contributed by atoms with Gasteiger partial charge < -0.3 is 19.1 Å². The predicted octanol–water partition coefficient (Wildman–Crippen LogP) is 3.42. The van der Waals surface area contributed by atoms with Crippen molar-refractivity contribution in [3.8, 4) is 17.2 Å². The number of carbonyl (C=O) groups excluding carboxylic acids is 1. The number of ether oxygens (including phenoxy) is 3. The lowest BCUT2D eigenvalue weighted by molar-refractivity contribution is -0.134. The molecule has 0 saturated carbocycles. The zero-order valence-electron chi connectivity index (χ0n) is 21.2. The maximum Gasteiger partial charge on any atom is 0.257 e. The van der Waals surface area contributed by atoms with Gasteiger partial charge in [-0.2, -0.15) is 5.10 Å². The molecule has 188 valence electrons. The van der Waals surface area contributed by atoms with Crippen LogP contribution in [0.5, 0.6) is 17.2 Å². The zero-order valence-corrected chi connectivity index (χ0v) is 21.2. The molecule has 0 bridgehead atoms. The third-order valence-corrected chi connectivity index (χ3v) is 6.73. The molecule has 2 aromatic rings. The Balaban J connectivity index is 1.59. The molecule has 8 heteroatoms. The van der Waals surface area contributed by atoms with Crippen LogP contribution in [0.2, 0.25) is 0 Å². The number of rotatable bonds is 9. The van der Waals surface area contributed by atoms with Crippen LogP contribution >= 0.6 is 0 Å². The molecule has 2 aromatic carbocycles. The van der Waals surface area contributed by atoms with E-state index in [0.717, 1.165) is 55.3 Å². The number of amides is 1. The molecule has 1 atom stereocenters. The Morgan fingerprint density at radius 1 is 0.943 bits per heavy atom. The van der Waals surface area contributed by atoms with E-state index in [2.05, 4.69) is 16.7 Å². The molecule has 2 aliphatic heterocycles. The molecule has 1 saturated heterocycles. The molecule has 0 aromatic heterocycles. The van der Waals surface area contributed by atoms with Crippen LogP contribution in [-0.4, -0.2) is 86.5 Å². The number of carbonyl (C=O) groups is 1. The number of hydrogen-bond acceptors (Lipinski definition) is 7. The summed E-state index contributed by atoms with van der Waals surface area (Å²) >= 11 is 0. The number of benzene rings is 2. The molecule has 0 aliphatic carbocycles. The predicted molar refractivity (Wildman–Crippen MR) is 136 cm³/mol. The summed E-state index contributed by atoms with van der Waals surface area (Å²) in [6.07, 6.45) is 0.603. The van der Waals surface area contributed by atoms with Crippen molar-refractivity contribution in [2.24, 2.45) is 5.10 Å². The van der Waals surface area contributed by atoms with E-state index < -0.39 is 0 Å². The van der Waals surface area contributed by atoms with Crippen molar-refractivity contribution in [3.63, 3.8) is 0 Å². The SMILES string of the molecule is CCOc1ccc(C2CC(c3ccc(OC)cc3OC)=NN2C(=O)CN2CCN(CC)CC2)cc1. The van der Waals surface area contributed by atoms with Gasteiger partial charge in [0.25, 0.3) is 5.91 Å². The molecule has 1 unspecified atom stereocenters. The first kappa shape index (κ1) is 25.0. The summed E-state index contributed by atoms with van der Waals surface area (Å²) in [6.45, 7) is 9.93. The van der Waals surface area contributed by atoms with Crippen LogP contribution < -0.4 is 14.2 Å². The molecular formula is C27H36N4O4. The van der Waals surface area contributed by atoms with Gasteiger partial charge in [-0.3, -0.25) is 9.69 Å². The minimum atomic E-state index is -0.183. The van der Waals surface area contributed by atoms with Crippen molar-refractivity contribution in [1.82, 2.24) is 14.8 Å². The van der Waals surface area contributed by atoms with Crippen LogP contribution in [0.3, 0.4) is 0 Å². The normalized spacial score (nSPS) is 18.9. The Labute approximate surface area is 208 Å². The highest BCUT2D eigenvalue weighted by atomic mass is 16.5. The molecule has 2 heterocycles. The standard InChI is InChI=1S/C27H36N4O4/c1-5-29-13-15-30(16-14-29)19-27(32)31-25(20-7-9-21(10-8-20)35-6-2)18-24(28-31)23-12-11-22(33-3)17-26(23)34-4/h7-12,17,25H,5-6,13-16,18-19H2,1-4H3. The average molecular weight is 481 g/mol. The molecule has 8 nitrogen and oxygen atoms in total. The Kier molecular flexibility index (Phi) is 8.25. The highest BCUT2D eigenvalue weighted by molar-refractivity contribution is 6.05. The fourth-order valence-corrected chi connectivity index (χ4v) is 4.68. The van der Waals surface area contributed by atoms with E-state index in [-0.39, 0.29) is 11.9 Å². The second-order valence-electron chi connectivity index (χ2n) is 8.78. The first-order valence-electron chi connectivity index (χ1n) is 12.4. The summed E-state index contributed by atoms with van der Waals surface area (Å²) < 4.78 is 16.6. The highest BCUT2D eigenvalue weighted by Crippen LogP contribution is 2.36. The van der Waals surface area contributed by atoms with E-state index in [1.165, 1.54) is 0 Å². The summed E-state index contributed by atoms with van der Waals surface area (Å²) in [4.78, 5) is 18.2. The first-order valence-corrected chi connectivity index (χ1v) is 12.4. The number of hydrogen-bond donors (Lipinski definition) is 0. The number of hydrazone groups is 1. The first-order chi connectivity index (χ1) is 17.1. The van der Waals surface area contributed by atoms with Crippen LogP contribution in [0.4, 0.5) is 0 Å². The highest BCUT2D eigenvalue weighted by Gasteiger charge is 2.35. The van der Waals surface area contributed by atoms with E-state index in [1.807, 2.05) is 49.4 Å². The van der Waals surface area contributed by atoms with Crippen molar-refractivity contribution < 1.29 is 19.0 Å². The van der Waals surface area contributed by atoms with Gasteiger partial charge in [-0.05, 0) is 43.3 Å². The van der Waals surface area contributed by atoms with Crippen LogP contribution in [0, 0.1) is 0 Å². The van der Waals surface area contributed by atoms with Gasteiger partial charge in [-0.25, -0.2) is 5.01 Å². The topological polar surface area (TPSA) is 66.8 Å². The van der Waals surface area contributed by atoms with Gasteiger partial charge >= 0.3 is 0 Å². The van der Waals surface area contributed by atoms with E-state index in [9.17, 15) is 4.79 Å². The Morgan fingerprint density at radius 3 is 2.26 bits per heavy atom. The average Bonchev–Trinajstić information content (AvgIpc) is 3.35. The van der Waals surface area contributed by atoms with Crippen molar-refractivity contribution >= 4 is 11.6 Å². The van der Waals surface area contributed by atoms with Crippen LogP contribution in [0.1, 0.15) is 37.4 Å². The van der Waals surface area contributed by atoms with E-state index in [4.69, 9.17) is 19.3 Å². The summed E-state index contributed by atoms with van der Waals surface area (Å²) in [5.74, 6) is 2.22. The summed E-state index contributed by atoms with van der Waals surface area (Å²) in [5.41, 5.74) is 2.73. The van der Waals surface area contributed by atoms with E-state index in [1.54, 1.807) is 19.2 Å². The van der Waals surface area contributed by atoms with Crippen molar-refractivity contribution in [2.45, 2.75) is 26.3 Å². The molecule has 0 spiro atoms. The van der Waals surface area contributed by atoms with Crippen molar-refractivity contribution in [2.75, 3.05) is 60.1 Å². The van der Waals surface area contributed by atoms with Gasteiger partial charge in [0.2, 0.25) is 0 Å². The fraction of sp³-hybridized carbons (Fsp3) is 0.481. The van der Waals surface area contributed by atoms with Gasteiger partial charge in [0.05, 0.1) is 39.1 Å². The molecule has 1 amide bonds. The number of nitrogens with zero attached hydrogens (tertiary/aromatic N) is 4. The quantitative estimate of drug-likeness (QED) is 0.548. The Morgan fingerprint density at radius 2 is 1.63 bits per heavy atom. The maximum absolute atomic E-state index is 13.5. The molecule has 4 rings (SSSR count). The van der Waals surface area contributed by atoms with Crippen molar-refractivity contribution in [3.05, 3.63) is 53.6 Å². The number of likely N-dealkylation sites (N-methyl/N-ethyl adjacent to an activating group) is 1. The molecule has 0 radical (unpaired) electrons. The molecular weight excluding hydrogens is 444 g/mol. The molecule has 2 aliphatic rings. The van der Waals surface area contributed by atoms with Gasteiger partial charge in [-0.1, -0.05) is 19.1 Å². The van der Waals surface area contributed by atoms with Gasteiger partial charge in [0.15, 0.2) is 0 Å². The van der Waals surface area contributed by atoms with Gasteiger partial charge in [-0.15, -0.1) is 0 Å². The third kappa shape index (κ3) is 5.77. The second-order valence-corrected chi connectivity index (χ2v) is 8.78. The number of piperazine rings is 1. The zero-order chi connectivity index (χ0) is 24.8.